The Morgan fingerprint density at radius 1 is 1.32 bits per heavy atom. The standard InChI is InChI=1S/C13H10BrF4NO3/c14-8-2-1-7(5-9(8)15)10(20)19-4-3-12(6-19,11(21)22)13(16,17)18/h1-2,5H,3-4,6H2,(H,21,22). The zero-order valence-electron chi connectivity index (χ0n) is 11.0. The molecule has 1 amide bonds. The zero-order valence-corrected chi connectivity index (χ0v) is 12.5. The first-order valence-electron chi connectivity index (χ1n) is 6.13. The summed E-state index contributed by atoms with van der Waals surface area (Å²) in [6.07, 6.45) is -5.70. The van der Waals surface area contributed by atoms with Gasteiger partial charge in [0.1, 0.15) is 5.82 Å². The number of carboxylic acid groups (broad SMARTS) is 1. The summed E-state index contributed by atoms with van der Waals surface area (Å²) in [6, 6.07) is 3.40. The molecule has 9 heteroatoms. The van der Waals surface area contributed by atoms with Crippen molar-refractivity contribution in [2.75, 3.05) is 13.1 Å². The van der Waals surface area contributed by atoms with E-state index in [1.54, 1.807) is 0 Å². The Morgan fingerprint density at radius 2 is 1.95 bits per heavy atom. The Hall–Kier alpha value is -1.64. The third-order valence-electron chi connectivity index (χ3n) is 3.68. The summed E-state index contributed by atoms with van der Waals surface area (Å²) in [5, 5.41) is 8.93. The molecule has 0 radical (unpaired) electrons. The van der Waals surface area contributed by atoms with E-state index in [9.17, 15) is 27.2 Å². The summed E-state index contributed by atoms with van der Waals surface area (Å²) in [4.78, 5) is 24.0. The van der Waals surface area contributed by atoms with Crippen LogP contribution in [0.25, 0.3) is 0 Å². The summed E-state index contributed by atoms with van der Waals surface area (Å²) in [6.45, 7) is -1.34. The van der Waals surface area contributed by atoms with Gasteiger partial charge in [-0.1, -0.05) is 0 Å². The van der Waals surface area contributed by atoms with E-state index in [1.165, 1.54) is 12.1 Å². The van der Waals surface area contributed by atoms with Gasteiger partial charge in [0.15, 0.2) is 5.41 Å². The molecule has 1 aromatic rings. The van der Waals surface area contributed by atoms with Gasteiger partial charge in [-0.05, 0) is 40.5 Å². The number of aliphatic carboxylic acids is 1. The Balaban J connectivity index is 2.27. The lowest BCUT2D eigenvalue weighted by Crippen LogP contribution is -2.47. The van der Waals surface area contributed by atoms with Gasteiger partial charge in [0, 0.05) is 18.7 Å². The van der Waals surface area contributed by atoms with Gasteiger partial charge >= 0.3 is 12.1 Å². The van der Waals surface area contributed by atoms with Crippen LogP contribution in [0.2, 0.25) is 0 Å². The van der Waals surface area contributed by atoms with Gasteiger partial charge in [-0.25, -0.2) is 4.39 Å². The molecule has 0 aromatic heterocycles. The molecule has 2 rings (SSSR count). The maximum atomic E-state index is 13.4. The number of carboxylic acids is 1. The Kier molecular flexibility index (Phi) is 4.20. The van der Waals surface area contributed by atoms with Crippen LogP contribution in [0.4, 0.5) is 17.6 Å². The first-order chi connectivity index (χ1) is 10.1. The highest BCUT2D eigenvalue weighted by atomic mass is 79.9. The van der Waals surface area contributed by atoms with Crippen LogP contribution in [-0.4, -0.2) is 41.1 Å². The molecule has 1 aliphatic rings. The number of likely N-dealkylation sites (tertiary alicyclic amines) is 1. The molecule has 120 valence electrons. The van der Waals surface area contributed by atoms with Crippen molar-refractivity contribution in [2.45, 2.75) is 12.6 Å². The highest BCUT2D eigenvalue weighted by Gasteiger charge is 2.64. The number of carbonyl (C=O) groups is 2. The predicted molar refractivity (Wildman–Crippen MR) is 70.7 cm³/mol. The highest BCUT2D eigenvalue weighted by Crippen LogP contribution is 2.46. The summed E-state index contributed by atoms with van der Waals surface area (Å²) < 4.78 is 52.6. The lowest BCUT2D eigenvalue weighted by atomic mass is 9.86. The number of halogens is 5. The predicted octanol–water partition coefficient (Wildman–Crippen LogP) is 3.07. The average Bonchev–Trinajstić information content (AvgIpc) is 2.87. The van der Waals surface area contributed by atoms with Crippen molar-refractivity contribution in [1.82, 2.24) is 4.90 Å². The molecule has 22 heavy (non-hydrogen) atoms. The molecule has 1 fully saturated rings. The molecular formula is C13H10BrF4NO3. The number of rotatable bonds is 2. The van der Waals surface area contributed by atoms with E-state index in [0.717, 1.165) is 11.0 Å². The van der Waals surface area contributed by atoms with Crippen molar-refractivity contribution in [1.29, 1.82) is 0 Å². The number of hydrogen-bond acceptors (Lipinski definition) is 2. The van der Waals surface area contributed by atoms with E-state index in [2.05, 4.69) is 15.9 Å². The van der Waals surface area contributed by atoms with Gasteiger partial charge in [-0.2, -0.15) is 13.2 Å². The van der Waals surface area contributed by atoms with E-state index in [0.29, 0.717) is 0 Å². The number of nitrogens with zero attached hydrogens (tertiary/aromatic N) is 1. The SMILES string of the molecule is O=C(c1ccc(Br)c(F)c1)N1CCC(C(=O)O)(C(F)(F)F)C1. The van der Waals surface area contributed by atoms with Crippen LogP contribution in [-0.2, 0) is 4.79 Å². The van der Waals surface area contributed by atoms with E-state index in [-0.39, 0.29) is 16.6 Å². The molecule has 1 N–H and O–H groups in total. The first-order valence-corrected chi connectivity index (χ1v) is 6.92. The van der Waals surface area contributed by atoms with Crippen molar-refractivity contribution in [2.24, 2.45) is 5.41 Å². The number of hydrogen-bond donors (Lipinski definition) is 1. The van der Waals surface area contributed by atoms with Crippen LogP contribution in [0.5, 0.6) is 0 Å². The van der Waals surface area contributed by atoms with Crippen molar-refractivity contribution in [3.8, 4) is 0 Å². The highest BCUT2D eigenvalue weighted by molar-refractivity contribution is 9.10. The molecule has 1 saturated heterocycles. The smallest absolute Gasteiger partial charge is 0.406 e. The molecular weight excluding hydrogens is 374 g/mol. The minimum atomic E-state index is -4.97. The van der Waals surface area contributed by atoms with E-state index < -0.39 is 42.3 Å². The fourth-order valence-corrected chi connectivity index (χ4v) is 2.57. The quantitative estimate of drug-likeness (QED) is 0.798. The van der Waals surface area contributed by atoms with Crippen molar-refractivity contribution >= 4 is 27.8 Å². The summed E-state index contributed by atoms with van der Waals surface area (Å²) in [7, 11) is 0. The summed E-state index contributed by atoms with van der Waals surface area (Å²) in [5.41, 5.74) is -3.11. The first kappa shape index (κ1) is 16.7. The maximum Gasteiger partial charge on any atom is 0.406 e. The monoisotopic (exact) mass is 383 g/mol. The molecule has 1 unspecified atom stereocenters. The number of amides is 1. The van der Waals surface area contributed by atoms with Crippen LogP contribution < -0.4 is 0 Å². The fraction of sp³-hybridized carbons (Fsp3) is 0.385. The van der Waals surface area contributed by atoms with E-state index in [4.69, 9.17) is 5.11 Å². The molecule has 1 heterocycles. The van der Waals surface area contributed by atoms with Gasteiger partial charge in [0.25, 0.3) is 5.91 Å². The molecule has 0 bridgehead atoms. The van der Waals surface area contributed by atoms with Gasteiger partial charge in [0.2, 0.25) is 0 Å². The minimum Gasteiger partial charge on any atom is -0.481 e. The second-order valence-corrected chi connectivity index (χ2v) is 5.84. The minimum absolute atomic E-state index is 0.112. The zero-order chi connectivity index (χ0) is 16.7. The molecule has 0 spiro atoms. The lowest BCUT2D eigenvalue weighted by molar-refractivity contribution is -0.227. The Morgan fingerprint density at radius 3 is 2.41 bits per heavy atom. The average molecular weight is 384 g/mol. The van der Waals surface area contributed by atoms with Crippen LogP contribution in [0.3, 0.4) is 0 Å². The number of carbonyl (C=O) groups excluding carboxylic acids is 1. The van der Waals surface area contributed by atoms with E-state index in [1.807, 2.05) is 0 Å². The third-order valence-corrected chi connectivity index (χ3v) is 4.32. The molecule has 1 aliphatic heterocycles. The van der Waals surface area contributed by atoms with Crippen LogP contribution >= 0.6 is 15.9 Å². The van der Waals surface area contributed by atoms with Gasteiger partial charge in [0.05, 0.1) is 4.47 Å². The largest absolute Gasteiger partial charge is 0.481 e. The third kappa shape index (κ3) is 2.69. The number of alkyl halides is 3. The molecule has 1 aromatic carbocycles. The molecule has 0 saturated carbocycles. The molecule has 4 nitrogen and oxygen atoms in total. The Bertz CT molecular complexity index is 634. The van der Waals surface area contributed by atoms with Crippen LogP contribution in [0.1, 0.15) is 16.8 Å². The van der Waals surface area contributed by atoms with Crippen molar-refractivity contribution in [3.63, 3.8) is 0 Å². The van der Waals surface area contributed by atoms with Gasteiger partial charge in [-0.15, -0.1) is 0 Å². The lowest BCUT2D eigenvalue weighted by Gasteiger charge is -2.27. The van der Waals surface area contributed by atoms with Crippen molar-refractivity contribution in [3.05, 3.63) is 34.1 Å². The Labute approximate surface area is 130 Å². The molecule has 1 atom stereocenters. The van der Waals surface area contributed by atoms with Gasteiger partial charge < -0.3 is 10.0 Å². The number of benzene rings is 1. The normalized spacial score (nSPS) is 22.0. The fourth-order valence-electron chi connectivity index (χ4n) is 2.32. The van der Waals surface area contributed by atoms with Crippen molar-refractivity contribution < 1.29 is 32.3 Å². The molecule has 0 aliphatic carbocycles. The van der Waals surface area contributed by atoms with Crippen LogP contribution in [0, 0.1) is 11.2 Å². The summed E-state index contributed by atoms with van der Waals surface area (Å²) >= 11 is 2.90. The second-order valence-electron chi connectivity index (χ2n) is 4.99. The van der Waals surface area contributed by atoms with Crippen LogP contribution in [0.15, 0.2) is 22.7 Å². The van der Waals surface area contributed by atoms with E-state index >= 15 is 0 Å². The summed E-state index contributed by atoms with van der Waals surface area (Å²) in [5.74, 6) is -3.58. The van der Waals surface area contributed by atoms with Gasteiger partial charge in [-0.3, -0.25) is 9.59 Å². The topological polar surface area (TPSA) is 57.6 Å². The second kappa shape index (κ2) is 5.53. The maximum absolute atomic E-state index is 13.4.